The molecule has 1 atom stereocenters. The molecule has 1 saturated heterocycles. The summed E-state index contributed by atoms with van der Waals surface area (Å²) in [5, 5.41) is 11.3. The van der Waals surface area contributed by atoms with Crippen LogP contribution < -0.4 is 4.90 Å². The summed E-state index contributed by atoms with van der Waals surface area (Å²) in [5.74, 6) is 0.840. The largest absolute Gasteiger partial charge is 0.379 e. The quantitative estimate of drug-likeness (QED) is 0.836. The van der Waals surface area contributed by atoms with Gasteiger partial charge in [0.15, 0.2) is 0 Å². The third kappa shape index (κ3) is 3.75. The van der Waals surface area contributed by atoms with Gasteiger partial charge < -0.3 is 9.64 Å². The number of thiophene rings is 1. The normalized spacial score (nSPS) is 16.5. The highest BCUT2D eigenvalue weighted by atomic mass is 32.1. The topological polar surface area (TPSA) is 52.4 Å². The lowest BCUT2D eigenvalue weighted by atomic mass is 10.1. The van der Waals surface area contributed by atoms with Gasteiger partial charge in [0, 0.05) is 31.6 Å². The molecule has 2 aromatic rings. The molecule has 2 aromatic heterocycles. The number of likely N-dealkylation sites (N-methyl/N-ethyl adjacent to an activating group) is 1. The van der Waals surface area contributed by atoms with E-state index in [1.165, 1.54) is 4.88 Å². The van der Waals surface area contributed by atoms with E-state index in [-0.39, 0.29) is 0 Å². The number of anilines is 1. The molecule has 1 unspecified atom stereocenters. The van der Waals surface area contributed by atoms with Crippen LogP contribution in [0.3, 0.4) is 0 Å². The molecular weight excluding hydrogens is 320 g/mol. The molecule has 6 heteroatoms. The van der Waals surface area contributed by atoms with Gasteiger partial charge in [-0.1, -0.05) is 12.1 Å². The molecule has 0 aromatic carbocycles. The number of aromatic nitrogens is 1. The zero-order valence-electron chi connectivity index (χ0n) is 14.1. The monoisotopic (exact) mass is 342 g/mol. The first-order valence-electron chi connectivity index (χ1n) is 8.13. The van der Waals surface area contributed by atoms with Crippen molar-refractivity contribution in [2.75, 3.05) is 44.8 Å². The number of morpholine rings is 1. The predicted octanol–water partition coefficient (Wildman–Crippen LogP) is 2.83. The molecule has 0 spiro atoms. The molecule has 0 saturated carbocycles. The van der Waals surface area contributed by atoms with Crippen LogP contribution in [0.1, 0.15) is 22.2 Å². The summed E-state index contributed by atoms with van der Waals surface area (Å²) in [6, 6.07) is 10.7. The van der Waals surface area contributed by atoms with Gasteiger partial charge in [0.25, 0.3) is 0 Å². The summed E-state index contributed by atoms with van der Waals surface area (Å²) < 4.78 is 5.50. The van der Waals surface area contributed by atoms with E-state index in [2.05, 4.69) is 38.4 Å². The highest BCUT2D eigenvalue weighted by molar-refractivity contribution is 7.10. The fourth-order valence-electron chi connectivity index (χ4n) is 2.95. The van der Waals surface area contributed by atoms with Crippen molar-refractivity contribution in [2.24, 2.45) is 0 Å². The Balaban J connectivity index is 1.80. The lowest BCUT2D eigenvalue weighted by Gasteiger charge is -2.36. The summed E-state index contributed by atoms with van der Waals surface area (Å²) in [6.45, 7) is 6.21. The zero-order valence-corrected chi connectivity index (χ0v) is 14.9. The molecule has 0 N–H and O–H groups in total. The Morgan fingerprint density at radius 2 is 2.17 bits per heavy atom. The van der Waals surface area contributed by atoms with Gasteiger partial charge in [-0.3, -0.25) is 4.90 Å². The first kappa shape index (κ1) is 16.9. The highest BCUT2D eigenvalue weighted by Gasteiger charge is 2.25. The van der Waals surface area contributed by atoms with Crippen LogP contribution in [0.4, 0.5) is 5.82 Å². The van der Waals surface area contributed by atoms with Gasteiger partial charge in [0.2, 0.25) is 0 Å². The molecule has 3 heterocycles. The Bertz CT molecular complexity index is 704. The minimum Gasteiger partial charge on any atom is -0.379 e. The van der Waals surface area contributed by atoms with E-state index in [1.807, 2.05) is 26.1 Å². The van der Waals surface area contributed by atoms with E-state index in [0.717, 1.165) is 44.2 Å². The van der Waals surface area contributed by atoms with Crippen LogP contribution in [-0.2, 0) is 4.74 Å². The van der Waals surface area contributed by atoms with Crippen LogP contribution >= 0.6 is 11.3 Å². The van der Waals surface area contributed by atoms with E-state index in [1.54, 1.807) is 11.3 Å². The molecule has 5 nitrogen and oxygen atoms in total. The third-order valence-electron chi connectivity index (χ3n) is 4.38. The summed E-state index contributed by atoms with van der Waals surface area (Å²) in [7, 11) is 2.04. The lowest BCUT2D eigenvalue weighted by molar-refractivity contribution is 0.0183. The Kier molecular flexibility index (Phi) is 5.46. The van der Waals surface area contributed by atoms with Gasteiger partial charge in [-0.2, -0.15) is 5.26 Å². The zero-order chi connectivity index (χ0) is 16.9. The van der Waals surface area contributed by atoms with E-state index in [9.17, 15) is 5.26 Å². The molecule has 0 radical (unpaired) electrons. The van der Waals surface area contributed by atoms with Gasteiger partial charge in [0.1, 0.15) is 17.6 Å². The smallest absolute Gasteiger partial charge is 0.145 e. The third-order valence-corrected chi connectivity index (χ3v) is 5.36. The molecule has 1 aliphatic heterocycles. The predicted molar refractivity (Wildman–Crippen MR) is 96.4 cm³/mol. The standard InChI is InChI=1S/C18H22N4OS/c1-14-5-6-18(20-15(14)12-19)21(2)13-16(17-4-3-11-24-17)22-7-9-23-10-8-22/h3-6,11,16H,7-10,13H2,1-2H3. The van der Waals surface area contributed by atoms with Crippen molar-refractivity contribution in [2.45, 2.75) is 13.0 Å². The van der Waals surface area contributed by atoms with Crippen molar-refractivity contribution in [1.82, 2.24) is 9.88 Å². The molecular formula is C18H22N4OS. The first-order valence-corrected chi connectivity index (χ1v) is 9.01. The second-order valence-corrected chi connectivity index (χ2v) is 6.99. The van der Waals surface area contributed by atoms with Crippen LogP contribution in [0.25, 0.3) is 0 Å². The molecule has 126 valence electrons. The lowest BCUT2D eigenvalue weighted by Crippen LogP contribution is -2.43. The Labute approximate surface area is 147 Å². The fourth-order valence-corrected chi connectivity index (χ4v) is 3.80. The van der Waals surface area contributed by atoms with Gasteiger partial charge in [-0.15, -0.1) is 11.3 Å². The number of pyridine rings is 1. The Morgan fingerprint density at radius 1 is 1.38 bits per heavy atom. The van der Waals surface area contributed by atoms with E-state index < -0.39 is 0 Å². The molecule has 1 fully saturated rings. The van der Waals surface area contributed by atoms with Crippen molar-refractivity contribution in [3.63, 3.8) is 0 Å². The van der Waals surface area contributed by atoms with Gasteiger partial charge in [-0.25, -0.2) is 4.98 Å². The van der Waals surface area contributed by atoms with Crippen LogP contribution in [0.5, 0.6) is 0 Å². The van der Waals surface area contributed by atoms with Crippen molar-refractivity contribution in [1.29, 1.82) is 5.26 Å². The number of rotatable bonds is 5. The Morgan fingerprint density at radius 3 is 2.83 bits per heavy atom. The number of nitrogens with zero attached hydrogens (tertiary/aromatic N) is 4. The molecule has 0 bridgehead atoms. The Hall–Kier alpha value is -1.94. The van der Waals surface area contributed by atoms with Gasteiger partial charge in [0.05, 0.1) is 19.3 Å². The maximum atomic E-state index is 9.21. The van der Waals surface area contributed by atoms with Gasteiger partial charge in [-0.05, 0) is 30.0 Å². The average Bonchev–Trinajstić information content (AvgIpc) is 3.15. The SMILES string of the molecule is Cc1ccc(N(C)CC(c2cccs2)N2CCOCC2)nc1C#N. The van der Waals surface area contributed by atoms with Crippen LogP contribution in [0.15, 0.2) is 29.6 Å². The number of ether oxygens (including phenoxy) is 1. The first-order chi connectivity index (χ1) is 11.7. The van der Waals surface area contributed by atoms with Crippen molar-refractivity contribution in [3.05, 3.63) is 45.8 Å². The number of nitriles is 1. The summed E-state index contributed by atoms with van der Waals surface area (Å²) >= 11 is 1.79. The number of aryl methyl sites for hydroxylation is 1. The average molecular weight is 342 g/mol. The number of hydrogen-bond donors (Lipinski definition) is 0. The van der Waals surface area contributed by atoms with Crippen molar-refractivity contribution >= 4 is 17.2 Å². The molecule has 1 aliphatic rings. The van der Waals surface area contributed by atoms with Gasteiger partial charge >= 0.3 is 0 Å². The van der Waals surface area contributed by atoms with E-state index >= 15 is 0 Å². The second-order valence-electron chi connectivity index (χ2n) is 6.01. The number of hydrogen-bond acceptors (Lipinski definition) is 6. The maximum Gasteiger partial charge on any atom is 0.145 e. The van der Waals surface area contributed by atoms with E-state index in [0.29, 0.717) is 11.7 Å². The van der Waals surface area contributed by atoms with Crippen molar-refractivity contribution < 1.29 is 4.74 Å². The summed E-state index contributed by atoms with van der Waals surface area (Å²) in [6.07, 6.45) is 0. The highest BCUT2D eigenvalue weighted by Crippen LogP contribution is 2.28. The van der Waals surface area contributed by atoms with E-state index in [4.69, 9.17) is 4.74 Å². The molecule has 3 rings (SSSR count). The molecule has 0 amide bonds. The van der Waals surface area contributed by atoms with Crippen LogP contribution in [0, 0.1) is 18.3 Å². The summed E-state index contributed by atoms with van der Waals surface area (Å²) in [5.41, 5.74) is 1.41. The minimum atomic E-state index is 0.313. The molecule has 0 aliphatic carbocycles. The maximum absolute atomic E-state index is 9.21. The fraction of sp³-hybridized carbons (Fsp3) is 0.444. The second kappa shape index (κ2) is 7.75. The minimum absolute atomic E-state index is 0.313. The van der Waals surface area contributed by atoms with Crippen LogP contribution in [-0.4, -0.2) is 49.8 Å². The van der Waals surface area contributed by atoms with Crippen molar-refractivity contribution in [3.8, 4) is 6.07 Å². The summed E-state index contributed by atoms with van der Waals surface area (Å²) in [4.78, 5) is 10.5. The molecule has 24 heavy (non-hydrogen) atoms. The van der Waals surface area contributed by atoms with Crippen LogP contribution in [0.2, 0.25) is 0 Å².